The zero-order valence-corrected chi connectivity index (χ0v) is 11.6. The van der Waals surface area contributed by atoms with E-state index in [0.717, 1.165) is 22.9 Å². The molecule has 1 heterocycles. The normalized spacial score (nSPS) is 21.3. The maximum absolute atomic E-state index is 13.9. The smallest absolute Gasteiger partial charge is 0.127 e. The Hall–Kier alpha value is -0.840. The highest BCUT2D eigenvalue weighted by atomic mass is 35.5. The van der Waals surface area contributed by atoms with Crippen LogP contribution in [0.2, 0.25) is 0 Å². The molecule has 3 rings (SSSR count). The SMILES string of the molecule is Cl.Cl.Cn1cc2c([C@H]3C[C@@H]3CN)c(F)ccc2n1. The monoisotopic (exact) mass is 291 g/mol. The van der Waals surface area contributed by atoms with Gasteiger partial charge in [-0.25, -0.2) is 4.39 Å². The van der Waals surface area contributed by atoms with Gasteiger partial charge in [0.2, 0.25) is 0 Å². The number of rotatable bonds is 2. The molecule has 2 N–H and O–H groups in total. The lowest BCUT2D eigenvalue weighted by Gasteiger charge is -2.03. The topological polar surface area (TPSA) is 43.8 Å². The zero-order valence-electron chi connectivity index (χ0n) is 9.97. The van der Waals surface area contributed by atoms with Gasteiger partial charge in [-0.05, 0) is 36.9 Å². The van der Waals surface area contributed by atoms with Gasteiger partial charge in [-0.15, -0.1) is 24.8 Å². The molecule has 1 aliphatic carbocycles. The summed E-state index contributed by atoms with van der Waals surface area (Å²) in [6, 6.07) is 3.24. The Labute approximate surface area is 117 Å². The molecule has 0 spiro atoms. The average molecular weight is 292 g/mol. The van der Waals surface area contributed by atoms with E-state index in [0.29, 0.717) is 12.5 Å². The van der Waals surface area contributed by atoms with Gasteiger partial charge in [0.05, 0.1) is 5.52 Å². The number of nitrogens with two attached hydrogens (primary N) is 1. The molecule has 0 unspecified atom stereocenters. The van der Waals surface area contributed by atoms with Crippen molar-refractivity contribution in [3.8, 4) is 0 Å². The summed E-state index contributed by atoms with van der Waals surface area (Å²) in [5.41, 5.74) is 7.29. The lowest BCUT2D eigenvalue weighted by molar-refractivity contribution is 0.609. The number of benzene rings is 1. The Morgan fingerprint density at radius 3 is 2.78 bits per heavy atom. The first-order valence-corrected chi connectivity index (χ1v) is 5.52. The molecule has 3 nitrogen and oxygen atoms in total. The lowest BCUT2D eigenvalue weighted by Crippen LogP contribution is -2.02. The second-order valence-corrected chi connectivity index (χ2v) is 4.53. The van der Waals surface area contributed by atoms with E-state index in [9.17, 15) is 4.39 Å². The molecule has 0 saturated heterocycles. The number of nitrogens with zero attached hydrogens (tertiary/aromatic N) is 2. The Morgan fingerprint density at radius 1 is 1.44 bits per heavy atom. The summed E-state index contributed by atoms with van der Waals surface area (Å²) in [7, 11) is 1.86. The maximum atomic E-state index is 13.9. The summed E-state index contributed by atoms with van der Waals surface area (Å²) in [6.45, 7) is 0.640. The van der Waals surface area contributed by atoms with Crippen LogP contribution in [0.4, 0.5) is 4.39 Å². The van der Waals surface area contributed by atoms with E-state index in [-0.39, 0.29) is 36.5 Å². The van der Waals surface area contributed by atoms with Gasteiger partial charge in [0.15, 0.2) is 0 Å². The summed E-state index contributed by atoms with van der Waals surface area (Å²) < 4.78 is 15.6. The van der Waals surface area contributed by atoms with Crippen LogP contribution >= 0.6 is 24.8 Å². The van der Waals surface area contributed by atoms with E-state index < -0.39 is 0 Å². The fraction of sp³-hybridized carbons (Fsp3) is 0.417. The van der Waals surface area contributed by atoms with Crippen molar-refractivity contribution in [2.45, 2.75) is 12.3 Å². The summed E-state index contributed by atoms with van der Waals surface area (Å²) in [4.78, 5) is 0. The minimum absolute atomic E-state index is 0. The molecule has 0 bridgehead atoms. The van der Waals surface area contributed by atoms with Crippen LogP contribution in [0.25, 0.3) is 10.9 Å². The molecule has 1 aliphatic rings. The van der Waals surface area contributed by atoms with Gasteiger partial charge in [0, 0.05) is 24.2 Å². The first kappa shape index (κ1) is 15.2. The minimum atomic E-state index is -0.124. The van der Waals surface area contributed by atoms with Crippen molar-refractivity contribution in [1.29, 1.82) is 0 Å². The molecule has 18 heavy (non-hydrogen) atoms. The Balaban J connectivity index is 0.000000810. The number of fused-ring (bicyclic) bond motifs is 1. The number of aryl methyl sites for hydroxylation is 1. The maximum Gasteiger partial charge on any atom is 0.127 e. The Bertz CT molecular complexity index is 555. The second kappa shape index (κ2) is 5.43. The standard InChI is InChI=1S/C12H14FN3.2ClH/c1-16-6-9-11(15-16)3-2-10(13)12(9)8-4-7(8)5-14;;/h2-3,6-8H,4-5,14H2,1H3;2*1H/t7-,8+;;/m1../s1. The van der Waals surface area contributed by atoms with Gasteiger partial charge in [0.1, 0.15) is 5.82 Å². The molecular weight excluding hydrogens is 276 g/mol. The third-order valence-corrected chi connectivity index (χ3v) is 3.39. The molecule has 1 fully saturated rings. The quantitative estimate of drug-likeness (QED) is 0.924. The highest BCUT2D eigenvalue weighted by molar-refractivity contribution is 5.85. The minimum Gasteiger partial charge on any atom is -0.330 e. The van der Waals surface area contributed by atoms with E-state index in [1.54, 1.807) is 10.7 Å². The number of halogens is 3. The third-order valence-electron chi connectivity index (χ3n) is 3.39. The predicted molar refractivity (Wildman–Crippen MR) is 75.1 cm³/mol. The average Bonchev–Trinajstić information content (AvgIpc) is 2.92. The second-order valence-electron chi connectivity index (χ2n) is 4.53. The van der Waals surface area contributed by atoms with E-state index in [1.807, 2.05) is 13.2 Å². The van der Waals surface area contributed by atoms with Crippen LogP contribution in [0.5, 0.6) is 0 Å². The van der Waals surface area contributed by atoms with Crippen LogP contribution in [0.1, 0.15) is 17.9 Å². The van der Waals surface area contributed by atoms with E-state index in [2.05, 4.69) is 5.10 Å². The first-order chi connectivity index (χ1) is 7.70. The van der Waals surface area contributed by atoms with Gasteiger partial charge in [0.25, 0.3) is 0 Å². The molecule has 1 saturated carbocycles. The first-order valence-electron chi connectivity index (χ1n) is 5.52. The molecule has 2 atom stereocenters. The van der Waals surface area contributed by atoms with E-state index in [1.165, 1.54) is 6.07 Å². The molecule has 2 aromatic rings. The summed E-state index contributed by atoms with van der Waals surface area (Å²) >= 11 is 0. The third kappa shape index (κ3) is 2.32. The Morgan fingerprint density at radius 2 is 2.17 bits per heavy atom. The van der Waals surface area contributed by atoms with Crippen LogP contribution in [0.15, 0.2) is 18.3 Å². The van der Waals surface area contributed by atoms with Gasteiger partial charge in [-0.3, -0.25) is 4.68 Å². The van der Waals surface area contributed by atoms with Crippen LogP contribution < -0.4 is 5.73 Å². The number of hydrogen-bond donors (Lipinski definition) is 1. The van der Waals surface area contributed by atoms with Crippen molar-refractivity contribution < 1.29 is 4.39 Å². The van der Waals surface area contributed by atoms with E-state index >= 15 is 0 Å². The summed E-state index contributed by atoms with van der Waals surface area (Å²) in [5, 5.41) is 5.23. The van der Waals surface area contributed by atoms with Crippen molar-refractivity contribution in [2.24, 2.45) is 18.7 Å². The summed E-state index contributed by atoms with van der Waals surface area (Å²) in [5.74, 6) is 0.611. The molecule has 100 valence electrons. The zero-order chi connectivity index (χ0) is 11.3. The number of hydrogen-bond acceptors (Lipinski definition) is 2. The fourth-order valence-electron chi connectivity index (χ4n) is 2.45. The molecule has 0 aliphatic heterocycles. The Kier molecular flexibility index (Phi) is 4.59. The largest absolute Gasteiger partial charge is 0.330 e. The van der Waals surface area contributed by atoms with Gasteiger partial charge < -0.3 is 5.73 Å². The number of aromatic nitrogens is 2. The van der Waals surface area contributed by atoms with Gasteiger partial charge >= 0.3 is 0 Å². The van der Waals surface area contributed by atoms with Crippen LogP contribution in [-0.2, 0) is 7.05 Å². The molecule has 0 radical (unpaired) electrons. The van der Waals surface area contributed by atoms with Crippen LogP contribution in [0.3, 0.4) is 0 Å². The molecule has 6 heteroatoms. The van der Waals surface area contributed by atoms with Crippen molar-refractivity contribution in [2.75, 3.05) is 6.54 Å². The van der Waals surface area contributed by atoms with Crippen molar-refractivity contribution >= 4 is 35.7 Å². The van der Waals surface area contributed by atoms with Crippen molar-refractivity contribution in [1.82, 2.24) is 9.78 Å². The van der Waals surface area contributed by atoms with Gasteiger partial charge in [-0.1, -0.05) is 0 Å². The van der Waals surface area contributed by atoms with Crippen molar-refractivity contribution in [3.05, 3.63) is 29.7 Å². The fourth-order valence-corrected chi connectivity index (χ4v) is 2.45. The summed E-state index contributed by atoms with van der Waals surface area (Å²) in [6.07, 6.45) is 2.89. The molecule has 1 aromatic carbocycles. The van der Waals surface area contributed by atoms with E-state index in [4.69, 9.17) is 5.73 Å². The predicted octanol–water partition coefficient (Wildman–Crippen LogP) is 2.62. The van der Waals surface area contributed by atoms with Crippen LogP contribution in [0, 0.1) is 11.7 Å². The molecule has 0 amide bonds. The molecule has 1 aromatic heterocycles. The van der Waals surface area contributed by atoms with Crippen LogP contribution in [-0.4, -0.2) is 16.3 Å². The molecular formula is C12H16Cl2FN3. The van der Waals surface area contributed by atoms with Gasteiger partial charge in [-0.2, -0.15) is 5.10 Å². The van der Waals surface area contributed by atoms with Crippen molar-refractivity contribution in [3.63, 3.8) is 0 Å². The lowest BCUT2D eigenvalue weighted by atomic mass is 10.0. The highest BCUT2D eigenvalue weighted by Gasteiger charge is 2.39. The highest BCUT2D eigenvalue weighted by Crippen LogP contribution is 2.49.